The lowest BCUT2D eigenvalue weighted by Crippen LogP contribution is -2.62. The summed E-state index contributed by atoms with van der Waals surface area (Å²) in [7, 11) is 0. The number of amides is 1. The molecule has 5 rings (SSSR count). The second-order valence-electron chi connectivity index (χ2n) is 13.8. The summed E-state index contributed by atoms with van der Waals surface area (Å²) in [5.41, 5.74) is 0.726. The highest BCUT2D eigenvalue weighted by Gasteiger charge is 2.64. The lowest BCUT2D eigenvalue weighted by Gasteiger charge is -2.64. The summed E-state index contributed by atoms with van der Waals surface area (Å²) in [4.78, 5) is 12.3. The van der Waals surface area contributed by atoms with Gasteiger partial charge < -0.3 is 14.9 Å². The van der Waals surface area contributed by atoms with Crippen LogP contribution < -0.4 is 5.32 Å². The third-order valence-corrected chi connectivity index (χ3v) is 12.4. The van der Waals surface area contributed by atoms with Crippen molar-refractivity contribution in [3.63, 3.8) is 0 Å². The number of ether oxygens (including phenoxy) is 1. The van der Waals surface area contributed by atoms with Crippen molar-refractivity contribution >= 4 is 23.4 Å². The normalized spacial score (nSPS) is 42.2. The summed E-state index contributed by atoms with van der Waals surface area (Å²) in [6.07, 6.45) is 8.16. The summed E-state index contributed by atoms with van der Waals surface area (Å²) in [6, 6.07) is 3.84. The Morgan fingerprint density at radius 2 is 1.85 bits per heavy atom. The molecule has 39 heavy (non-hydrogen) atoms. The summed E-state index contributed by atoms with van der Waals surface area (Å²) in [6.45, 7) is 9.78. The molecule has 0 radical (unpaired) electrons. The van der Waals surface area contributed by atoms with Gasteiger partial charge in [-0.2, -0.15) is 0 Å². The van der Waals surface area contributed by atoms with E-state index >= 15 is 0 Å². The van der Waals surface area contributed by atoms with Gasteiger partial charge in [-0.25, -0.2) is 9.18 Å². The number of carbonyl (C=O) groups is 1. The number of aliphatic hydroxyl groups excluding tert-OH is 2. The molecule has 0 unspecified atom stereocenters. The van der Waals surface area contributed by atoms with Crippen LogP contribution in [0, 0.1) is 58.1 Å². The zero-order valence-electron chi connectivity index (χ0n) is 24.0. The maximum Gasteiger partial charge on any atom is 0.411 e. The van der Waals surface area contributed by atoms with Crippen LogP contribution in [0.25, 0.3) is 0 Å². The predicted octanol–water partition coefficient (Wildman–Crippen LogP) is 7.68. The topological polar surface area (TPSA) is 78.8 Å². The van der Waals surface area contributed by atoms with Crippen molar-refractivity contribution in [3.8, 4) is 0 Å². The fourth-order valence-electron chi connectivity index (χ4n) is 10.2. The Labute approximate surface area is 238 Å². The number of anilines is 1. The number of halogens is 2. The molecule has 0 saturated heterocycles. The number of carbonyl (C=O) groups excluding carboxylic acids is 1. The molecule has 0 bridgehead atoms. The lowest BCUT2D eigenvalue weighted by molar-refractivity contribution is -0.203. The molecule has 4 aliphatic rings. The van der Waals surface area contributed by atoms with Gasteiger partial charge in [-0.3, -0.25) is 5.32 Å². The van der Waals surface area contributed by atoms with Crippen molar-refractivity contribution in [2.45, 2.75) is 97.7 Å². The van der Waals surface area contributed by atoms with Crippen molar-refractivity contribution in [3.05, 3.63) is 29.0 Å². The first-order chi connectivity index (χ1) is 18.5. The van der Waals surface area contributed by atoms with E-state index in [2.05, 4.69) is 33.0 Å². The van der Waals surface area contributed by atoms with Gasteiger partial charge in [0, 0.05) is 0 Å². The van der Waals surface area contributed by atoms with E-state index in [1.54, 1.807) is 0 Å². The van der Waals surface area contributed by atoms with Crippen molar-refractivity contribution in [1.82, 2.24) is 0 Å². The van der Waals surface area contributed by atoms with Gasteiger partial charge in [0.25, 0.3) is 0 Å². The first-order valence-corrected chi connectivity index (χ1v) is 15.6. The SMILES string of the molecule is CC[C@H]1[C@@H](O)[C@@H]2[C@H](CC[C@]3(C)[C@@H]([C@H](C)CCOC(=O)Nc4ccc(F)cc4Cl)CC[C@@H]23)[C@@]2(C)CC[C@@H](O)C[C@@H]12. The Morgan fingerprint density at radius 3 is 2.56 bits per heavy atom. The Bertz CT molecular complexity index is 1050. The highest BCUT2D eigenvalue weighted by atomic mass is 35.5. The zero-order chi connectivity index (χ0) is 28.1. The minimum absolute atomic E-state index is 0.139. The quantitative estimate of drug-likeness (QED) is 0.331. The molecule has 0 spiro atoms. The fourth-order valence-corrected chi connectivity index (χ4v) is 10.4. The Hall–Kier alpha value is -1.37. The van der Waals surface area contributed by atoms with Crippen molar-refractivity contribution in [2.75, 3.05) is 11.9 Å². The van der Waals surface area contributed by atoms with E-state index in [1.807, 2.05) is 0 Å². The van der Waals surface area contributed by atoms with Gasteiger partial charge in [0.2, 0.25) is 0 Å². The van der Waals surface area contributed by atoms with Crippen LogP contribution in [-0.4, -0.2) is 35.1 Å². The van der Waals surface area contributed by atoms with E-state index in [9.17, 15) is 19.4 Å². The van der Waals surface area contributed by atoms with Crippen molar-refractivity contribution in [1.29, 1.82) is 0 Å². The maximum absolute atomic E-state index is 13.3. The number of hydrogen-bond acceptors (Lipinski definition) is 4. The molecule has 7 heteroatoms. The number of rotatable bonds is 6. The van der Waals surface area contributed by atoms with Crippen LogP contribution in [0.3, 0.4) is 0 Å². The lowest BCUT2D eigenvalue weighted by atomic mass is 9.41. The molecule has 0 aliphatic heterocycles. The molecule has 4 fully saturated rings. The van der Waals surface area contributed by atoms with Gasteiger partial charge >= 0.3 is 6.09 Å². The molecule has 4 saturated carbocycles. The third kappa shape index (κ3) is 5.12. The maximum atomic E-state index is 13.3. The molecule has 1 aromatic carbocycles. The Balaban J connectivity index is 1.23. The Kier molecular flexibility index (Phi) is 8.32. The van der Waals surface area contributed by atoms with E-state index in [-0.39, 0.29) is 34.0 Å². The third-order valence-electron chi connectivity index (χ3n) is 12.1. The second kappa shape index (κ2) is 11.1. The number of aliphatic hydroxyl groups is 2. The molecular weight excluding hydrogens is 517 g/mol. The molecule has 1 amide bonds. The standard InChI is InChI=1S/C32H47ClFNO4/c1-5-21-25-17-20(36)10-13-32(25,4)24-11-14-31(3)22(7-8-23(31)28(24)29(21)37)18(2)12-15-39-30(38)35-27-9-6-19(34)16-26(27)33/h6,9,16,18,20-25,28-29,36-37H,5,7-8,10-15,17H2,1-4H3,(H,35,38)/t18-,20-,21-,22-,23+,24+,25+,28+,29-,31-,32-/m1/s1. The molecule has 218 valence electrons. The average Bonchev–Trinajstić information content (AvgIpc) is 3.24. The summed E-state index contributed by atoms with van der Waals surface area (Å²) in [5.74, 6) is 2.55. The molecule has 0 aromatic heterocycles. The van der Waals surface area contributed by atoms with E-state index in [4.69, 9.17) is 16.3 Å². The number of nitrogens with one attached hydrogen (secondary N) is 1. The highest BCUT2D eigenvalue weighted by Crippen LogP contribution is 2.69. The number of fused-ring (bicyclic) bond motifs is 5. The molecule has 0 heterocycles. The van der Waals surface area contributed by atoms with E-state index < -0.39 is 11.9 Å². The smallest absolute Gasteiger partial charge is 0.411 e. The monoisotopic (exact) mass is 563 g/mol. The van der Waals surface area contributed by atoms with Gasteiger partial charge in [-0.1, -0.05) is 45.7 Å². The number of hydrogen-bond donors (Lipinski definition) is 3. The Morgan fingerprint density at radius 1 is 1.13 bits per heavy atom. The van der Waals surface area contributed by atoms with Gasteiger partial charge in [-0.05, 0) is 122 Å². The predicted molar refractivity (Wildman–Crippen MR) is 152 cm³/mol. The molecule has 11 atom stereocenters. The van der Waals surface area contributed by atoms with Crippen LogP contribution >= 0.6 is 11.6 Å². The molecule has 4 aliphatic carbocycles. The van der Waals surface area contributed by atoms with Crippen LogP contribution in [0.5, 0.6) is 0 Å². The number of benzene rings is 1. The summed E-state index contributed by atoms with van der Waals surface area (Å²) >= 11 is 6.02. The van der Waals surface area contributed by atoms with E-state index in [0.29, 0.717) is 47.8 Å². The van der Waals surface area contributed by atoms with Gasteiger partial charge in [0.05, 0.1) is 29.5 Å². The van der Waals surface area contributed by atoms with E-state index in [1.165, 1.54) is 18.6 Å². The van der Waals surface area contributed by atoms with Crippen LogP contribution in [0.15, 0.2) is 18.2 Å². The average molecular weight is 564 g/mol. The molecule has 3 N–H and O–H groups in total. The van der Waals surface area contributed by atoms with Gasteiger partial charge in [0.1, 0.15) is 5.82 Å². The van der Waals surface area contributed by atoms with Crippen molar-refractivity contribution < 1.29 is 24.1 Å². The zero-order valence-corrected chi connectivity index (χ0v) is 24.7. The van der Waals surface area contributed by atoms with Crippen LogP contribution in [0.2, 0.25) is 5.02 Å². The van der Waals surface area contributed by atoms with Crippen LogP contribution in [0.1, 0.15) is 85.5 Å². The second-order valence-corrected chi connectivity index (χ2v) is 14.2. The molecule has 1 aromatic rings. The van der Waals surface area contributed by atoms with Gasteiger partial charge in [0.15, 0.2) is 0 Å². The van der Waals surface area contributed by atoms with Gasteiger partial charge in [-0.15, -0.1) is 0 Å². The van der Waals surface area contributed by atoms with Crippen LogP contribution in [-0.2, 0) is 4.74 Å². The largest absolute Gasteiger partial charge is 0.449 e. The summed E-state index contributed by atoms with van der Waals surface area (Å²) in [5, 5.41) is 25.1. The minimum Gasteiger partial charge on any atom is -0.449 e. The first kappa shape index (κ1) is 29.1. The van der Waals surface area contributed by atoms with Crippen LogP contribution in [0.4, 0.5) is 14.9 Å². The minimum atomic E-state index is -0.580. The fraction of sp³-hybridized carbons (Fsp3) is 0.781. The highest BCUT2D eigenvalue weighted by molar-refractivity contribution is 6.33. The van der Waals surface area contributed by atoms with E-state index in [0.717, 1.165) is 57.4 Å². The summed E-state index contributed by atoms with van der Waals surface area (Å²) < 4.78 is 18.8. The molecular formula is C32H47ClFNO4. The first-order valence-electron chi connectivity index (χ1n) is 15.2. The molecule has 5 nitrogen and oxygen atoms in total. The van der Waals surface area contributed by atoms with Crippen molar-refractivity contribution in [2.24, 2.45) is 52.3 Å².